The van der Waals surface area contributed by atoms with E-state index in [0.29, 0.717) is 31.2 Å². The first kappa shape index (κ1) is 13.5. The minimum Gasteiger partial charge on any atom is -0.378 e. The molecule has 0 spiro atoms. The highest BCUT2D eigenvalue weighted by molar-refractivity contribution is 5.86. The van der Waals surface area contributed by atoms with Gasteiger partial charge in [-0.05, 0) is 14.1 Å². The molecule has 0 unspecified atom stereocenters. The van der Waals surface area contributed by atoms with Crippen molar-refractivity contribution < 1.29 is 4.74 Å². The maximum atomic E-state index is 5.62. The second kappa shape index (κ2) is 6.30. The van der Waals surface area contributed by atoms with E-state index in [9.17, 15) is 0 Å². The van der Waals surface area contributed by atoms with Gasteiger partial charge in [-0.3, -0.25) is 5.10 Å². The highest BCUT2D eigenvalue weighted by atomic mass is 16.5. The lowest BCUT2D eigenvalue weighted by Gasteiger charge is -2.10. The molecular weight excluding hydrogens is 246 g/mol. The highest BCUT2D eigenvalue weighted by Gasteiger charge is 2.07. The minimum atomic E-state index is 0.216. The molecule has 0 aromatic carbocycles. The minimum absolute atomic E-state index is 0.216. The van der Waals surface area contributed by atoms with E-state index in [0.717, 1.165) is 11.9 Å². The second-order valence-corrected chi connectivity index (χ2v) is 4.41. The van der Waals surface area contributed by atoms with Gasteiger partial charge in [0, 0.05) is 13.1 Å². The highest BCUT2D eigenvalue weighted by Crippen LogP contribution is 2.18. The molecule has 19 heavy (non-hydrogen) atoms. The predicted octanol–water partition coefficient (Wildman–Crippen LogP) is -0.0748. The van der Waals surface area contributed by atoms with Gasteiger partial charge in [-0.1, -0.05) is 0 Å². The lowest BCUT2D eigenvalue weighted by Crippen LogP contribution is -2.20. The van der Waals surface area contributed by atoms with Crippen LogP contribution < -0.4 is 11.1 Å². The van der Waals surface area contributed by atoms with Gasteiger partial charge >= 0.3 is 0 Å². The fraction of sp³-hybridized carbons (Fsp3) is 0.545. The third-order valence-electron chi connectivity index (χ3n) is 2.55. The van der Waals surface area contributed by atoms with E-state index in [1.54, 1.807) is 6.20 Å². The molecule has 2 aromatic rings. The first-order chi connectivity index (χ1) is 9.16. The molecule has 2 aromatic heterocycles. The van der Waals surface area contributed by atoms with Crippen molar-refractivity contribution in [3.63, 3.8) is 0 Å². The number of rotatable bonds is 7. The van der Waals surface area contributed by atoms with Crippen LogP contribution in [-0.4, -0.2) is 65.5 Å². The summed E-state index contributed by atoms with van der Waals surface area (Å²) in [6.45, 7) is 2.88. The Morgan fingerprint density at radius 1 is 1.37 bits per heavy atom. The van der Waals surface area contributed by atoms with Crippen LogP contribution in [0.25, 0.3) is 11.0 Å². The second-order valence-electron chi connectivity index (χ2n) is 4.41. The van der Waals surface area contributed by atoms with Crippen molar-refractivity contribution in [1.29, 1.82) is 0 Å². The number of anilines is 2. The van der Waals surface area contributed by atoms with Crippen LogP contribution in [0.2, 0.25) is 0 Å². The maximum absolute atomic E-state index is 5.62. The number of nitrogens with two attached hydrogens (primary N) is 1. The third kappa shape index (κ3) is 3.76. The van der Waals surface area contributed by atoms with Crippen LogP contribution >= 0.6 is 0 Å². The number of aromatic nitrogens is 4. The number of likely N-dealkylation sites (N-methyl/N-ethyl adjacent to an activating group) is 1. The number of aromatic amines is 1. The summed E-state index contributed by atoms with van der Waals surface area (Å²) >= 11 is 0. The van der Waals surface area contributed by atoms with E-state index in [2.05, 4.69) is 30.4 Å². The largest absolute Gasteiger partial charge is 0.378 e. The van der Waals surface area contributed by atoms with E-state index < -0.39 is 0 Å². The van der Waals surface area contributed by atoms with Crippen LogP contribution in [0.15, 0.2) is 6.20 Å². The van der Waals surface area contributed by atoms with E-state index in [1.807, 2.05) is 14.1 Å². The fourth-order valence-electron chi connectivity index (χ4n) is 1.58. The Kier molecular flexibility index (Phi) is 4.48. The van der Waals surface area contributed by atoms with Crippen molar-refractivity contribution in [2.45, 2.75) is 0 Å². The van der Waals surface area contributed by atoms with Gasteiger partial charge in [0.15, 0.2) is 5.65 Å². The number of H-pyrrole nitrogens is 1. The SMILES string of the molecule is CN(C)CCOCCNc1nc(N)nc2[nH]ncc12. The van der Waals surface area contributed by atoms with Crippen molar-refractivity contribution in [3.8, 4) is 0 Å². The number of nitrogens with one attached hydrogen (secondary N) is 2. The Morgan fingerprint density at radius 3 is 3.00 bits per heavy atom. The number of hydrogen-bond acceptors (Lipinski definition) is 7. The van der Waals surface area contributed by atoms with E-state index >= 15 is 0 Å². The number of nitrogens with zero attached hydrogens (tertiary/aromatic N) is 4. The zero-order chi connectivity index (χ0) is 13.7. The Morgan fingerprint density at radius 2 is 2.21 bits per heavy atom. The molecule has 0 radical (unpaired) electrons. The zero-order valence-corrected chi connectivity index (χ0v) is 11.2. The van der Waals surface area contributed by atoms with Crippen molar-refractivity contribution in [1.82, 2.24) is 25.1 Å². The van der Waals surface area contributed by atoms with Gasteiger partial charge in [-0.25, -0.2) is 0 Å². The lowest BCUT2D eigenvalue weighted by molar-refractivity contribution is 0.126. The molecule has 0 aliphatic carbocycles. The molecule has 0 fully saturated rings. The van der Waals surface area contributed by atoms with Crippen LogP contribution in [0.4, 0.5) is 11.8 Å². The molecule has 0 aliphatic heterocycles. The molecule has 0 amide bonds. The summed E-state index contributed by atoms with van der Waals surface area (Å²) in [5.41, 5.74) is 6.25. The summed E-state index contributed by atoms with van der Waals surface area (Å²) in [6.07, 6.45) is 1.67. The quantitative estimate of drug-likeness (QED) is 0.601. The van der Waals surface area contributed by atoms with Gasteiger partial charge in [0.1, 0.15) is 5.82 Å². The molecular formula is C11H19N7O. The van der Waals surface area contributed by atoms with Crippen molar-refractivity contribution >= 4 is 22.8 Å². The van der Waals surface area contributed by atoms with Crippen molar-refractivity contribution in [3.05, 3.63) is 6.20 Å². The standard InChI is InChI=1S/C11H19N7O/c1-18(2)4-6-19-5-3-13-9-8-7-14-17-10(8)16-11(12)15-9/h7H,3-6H2,1-2H3,(H4,12,13,14,15,16,17). The van der Waals surface area contributed by atoms with E-state index in [1.165, 1.54) is 0 Å². The first-order valence-corrected chi connectivity index (χ1v) is 6.10. The molecule has 0 saturated carbocycles. The average Bonchev–Trinajstić information content (AvgIpc) is 2.80. The average molecular weight is 265 g/mol. The smallest absolute Gasteiger partial charge is 0.224 e. The van der Waals surface area contributed by atoms with Gasteiger partial charge in [0.05, 0.1) is 24.8 Å². The third-order valence-corrected chi connectivity index (χ3v) is 2.55. The normalized spacial score (nSPS) is 11.3. The summed E-state index contributed by atoms with van der Waals surface area (Å²) < 4.78 is 5.49. The Bertz CT molecular complexity index is 525. The molecule has 0 atom stereocenters. The zero-order valence-electron chi connectivity index (χ0n) is 11.2. The van der Waals surface area contributed by atoms with Gasteiger partial charge in [0.25, 0.3) is 0 Å². The number of ether oxygens (including phenoxy) is 1. The van der Waals surface area contributed by atoms with Gasteiger partial charge in [-0.2, -0.15) is 15.1 Å². The Labute approximate surface area is 111 Å². The molecule has 0 aliphatic rings. The van der Waals surface area contributed by atoms with Crippen molar-refractivity contribution in [2.24, 2.45) is 0 Å². The number of nitrogen functional groups attached to an aromatic ring is 1. The summed E-state index contributed by atoms with van der Waals surface area (Å²) in [5.74, 6) is 0.889. The Balaban J connectivity index is 1.83. The molecule has 0 bridgehead atoms. The first-order valence-electron chi connectivity index (χ1n) is 6.10. The van der Waals surface area contributed by atoms with Crippen molar-refractivity contribution in [2.75, 3.05) is 51.4 Å². The van der Waals surface area contributed by atoms with Crippen LogP contribution in [0.5, 0.6) is 0 Å². The summed E-state index contributed by atoms with van der Waals surface area (Å²) in [6, 6.07) is 0. The molecule has 4 N–H and O–H groups in total. The maximum Gasteiger partial charge on any atom is 0.224 e. The monoisotopic (exact) mass is 265 g/mol. The van der Waals surface area contributed by atoms with Gasteiger partial charge in [-0.15, -0.1) is 0 Å². The summed E-state index contributed by atoms with van der Waals surface area (Å²) in [4.78, 5) is 10.3. The van der Waals surface area contributed by atoms with Crippen LogP contribution in [0.1, 0.15) is 0 Å². The summed E-state index contributed by atoms with van der Waals surface area (Å²) in [5, 5.41) is 10.7. The van der Waals surface area contributed by atoms with Crippen LogP contribution in [0.3, 0.4) is 0 Å². The van der Waals surface area contributed by atoms with Crippen LogP contribution in [-0.2, 0) is 4.74 Å². The molecule has 8 heteroatoms. The van der Waals surface area contributed by atoms with E-state index in [4.69, 9.17) is 10.5 Å². The number of fused-ring (bicyclic) bond motifs is 1. The number of hydrogen-bond donors (Lipinski definition) is 3. The van der Waals surface area contributed by atoms with Gasteiger partial charge in [0.2, 0.25) is 5.95 Å². The molecule has 104 valence electrons. The van der Waals surface area contributed by atoms with E-state index in [-0.39, 0.29) is 5.95 Å². The predicted molar refractivity (Wildman–Crippen MR) is 74.0 cm³/mol. The topological polar surface area (TPSA) is 105 Å². The fourth-order valence-corrected chi connectivity index (χ4v) is 1.58. The van der Waals surface area contributed by atoms with Gasteiger partial charge < -0.3 is 20.7 Å². The molecule has 8 nitrogen and oxygen atoms in total. The molecule has 2 rings (SSSR count). The molecule has 2 heterocycles. The molecule has 0 saturated heterocycles. The Hall–Kier alpha value is -1.93. The van der Waals surface area contributed by atoms with Crippen LogP contribution in [0, 0.1) is 0 Å². The summed E-state index contributed by atoms with van der Waals surface area (Å²) in [7, 11) is 4.03. The lowest BCUT2D eigenvalue weighted by atomic mass is 10.4.